The van der Waals surface area contributed by atoms with Crippen molar-refractivity contribution in [1.29, 1.82) is 0 Å². The van der Waals surface area contributed by atoms with E-state index in [1.54, 1.807) is 30.2 Å². The molecule has 5 nitrogen and oxygen atoms in total. The van der Waals surface area contributed by atoms with Gasteiger partial charge in [0, 0.05) is 22.6 Å². The van der Waals surface area contributed by atoms with Gasteiger partial charge in [0.2, 0.25) is 0 Å². The highest BCUT2D eigenvalue weighted by molar-refractivity contribution is 9.10. The molecule has 2 aromatic carbocycles. The van der Waals surface area contributed by atoms with Crippen molar-refractivity contribution in [2.24, 2.45) is 0 Å². The van der Waals surface area contributed by atoms with Gasteiger partial charge in [-0.15, -0.1) is 0 Å². The second-order valence-corrected chi connectivity index (χ2v) is 8.61. The molecule has 1 aliphatic heterocycles. The first-order valence-corrected chi connectivity index (χ1v) is 10.4. The summed E-state index contributed by atoms with van der Waals surface area (Å²) in [6, 6.07) is 14.7. The van der Waals surface area contributed by atoms with Crippen LogP contribution in [-0.2, 0) is 4.79 Å². The Hall–Kier alpha value is -2.16. The minimum atomic E-state index is -0.214. The molecule has 1 N–H and O–H groups in total. The molecule has 0 aromatic heterocycles. The van der Waals surface area contributed by atoms with E-state index in [4.69, 9.17) is 17.0 Å². The Morgan fingerprint density at radius 3 is 2.71 bits per heavy atom. The van der Waals surface area contributed by atoms with Crippen LogP contribution >= 0.6 is 39.9 Å². The average molecular weight is 477 g/mol. The molecule has 0 radical (unpaired) electrons. The zero-order valence-corrected chi connectivity index (χ0v) is 18.2. The summed E-state index contributed by atoms with van der Waals surface area (Å²) in [7, 11) is 1.74. The summed E-state index contributed by atoms with van der Waals surface area (Å²) in [5, 5.41) is 2.60. The Balaban J connectivity index is 1.66. The van der Waals surface area contributed by atoms with Crippen molar-refractivity contribution >= 4 is 62.1 Å². The van der Waals surface area contributed by atoms with Gasteiger partial charge < -0.3 is 15.0 Å². The fourth-order valence-corrected chi connectivity index (χ4v) is 3.93. The van der Waals surface area contributed by atoms with E-state index in [1.165, 1.54) is 11.8 Å². The van der Waals surface area contributed by atoms with E-state index in [2.05, 4.69) is 21.2 Å². The molecule has 2 amide bonds. The van der Waals surface area contributed by atoms with E-state index < -0.39 is 0 Å². The molecule has 1 fully saturated rings. The molecular weight excluding hydrogens is 460 g/mol. The van der Waals surface area contributed by atoms with Crippen molar-refractivity contribution in [2.75, 3.05) is 20.2 Å². The third kappa shape index (κ3) is 5.21. The highest BCUT2D eigenvalue weighted by Crippen LogP contribution is 2.31. The van der Waals surface area contributed by atoms with Crippen molar-refractivity contribution in [2.45, 2.75) is 0 Å². The number of halogens is 1. The van der Waals surface area contributed by atoms with E-state index >= 15 is 0 Å². The summed E-state index contributed by atoms with van der Waals surface area (Å²) in [5.41, 5.74) is 1.40. The summed E-state index contributed by atoms with van der Waals surface area (Å²) >= 11 is 9.68. The van der Waals surface area contributed by atoms with Gasteiger partial charge in [-0.1, -0.05) is 58.1 Å². The van der Waals surface area contributed by atoms with Crippen molar-refractivity contribution < 1.29 is 14.3 Å². The van der Waals surface area contributed by atoms with Gasteiger partial charge in [0.1, 0.15) is 16.7 Å². The lowest BCUT2D eigenvalue weighted by atomic mass is 10.2. The average Bonchev–Trinajstić information content (AvgIpc) is 3.00. The number of hydrogen-bond donors (Lipinski definition) is 1. The molecule has 0 bridgehead atoms. The van der Waals surface area contributed by atoms with E-state index in [1.807, 2.05) is 36.4 Å². The third-order valence-corrected chi connectivity index (χ3v) is 5.61. The van der Waals surface area contributed by atoms with Gasteiger partial charge in [0.25, 0.3) is 11.8 Å². The number of nitrogens with zero attached hydrogens (tertiary/aromatic N) is 1. The number of rotatable bonds is 6. The molecule has 144 valence electrons. The highest BCUT2D eigenvalue weighted by atomic mass is 79.9. The Labute approximate surface area is 181 Å². The zero-order valence-electron chi connectivity index (χ0n) is 15.0. The Kier molecular flexibility index (Phi) is 6.88. The smallest absolute Gasteiger partial charge is 0.263 e. The third-order valence-electron chi connectivity index (χ3n) is 3.95. The molecule has 0 spiro atoms. The van der Waals surface area contributed by atoms with Gasteiger partial charge >= 0.3 is 0 Å². The maximum absolute atomic E-state index is 12.4. The lowest BCUT2D eigenvalue weighted by molar-refractivity contribution is -0.115. The Bertz CT molecular complexity index is 948. The number of benzene rings is 2. The molecule has 0 aliphatic carbocycles. The van der Waals surface area contributed by atoms with Gasteiger partial charge in [0.05, 0.1) is 11.4 Å². The number of carbonyl (C=O) groups is 2. The normalized spacial score (nSPS) is 14.9. The second kappa shape index (κ2) is 9.36. The fraction of sp³-hybridized carbons (Fsp3) is 0.150. The molecule has 8 heteroatoms. The van der Waals surface area contributed by atoms with Crippen molar-refractivity contribution in [3.05, 3.63) is 69.0 Å². The number of hydrogen-bond acceptors (Lipinski definition) is 5. The maximum atomic E-state index is 12.4. The van der Waals surface area contributed by atoms with Crippen LogP contribution in [0, 0.1) is 0 Å². The lowest BCUT2D eigenvalue weighted by Crippen LogP contribution is -2.30. The monoisotopic (exact) mass is 476 g/mol. The predicted octanol–water partition coefficient (Wildman–Crippen LogP) is 4.09. The maximum Gasteiger partial charge on any atom is 0.263 e. The van der Waals surface area contributed by atoms with Crippen molar-refractivity contribution in [3.8, 4) is 5.75 Å². The topological polar surface area (TPSA) is 58.6 Å². The summed E-state index contributed by atoms with van der Waals surface area (Å²) < 4.78 is 7.20. The molecule has 1 heterocycles. The lowest BCUT2D eigenvalue weighted by Gasteiger charge is -2.18. The van der Waals surface area contributed by atoms with Crippen molar-refractivity contribution in [1.82, 2.24) is 10.2 Å². The van der Waals surface area contributed by atoms with Crippen LogP contribution in [-0.4, -0.2) is 41.2 Å². The van der Waals surface area contributed by atoms with Crippen LogP contribution in [0.5, 0.6) is 5.75 Å². The summed E-state index contributed by atoms with van der Waals surface area (Å²) in [6.45, 7) is 0.754. The van der Waals surface area contributed by atoms with E-state index in [9.17, 15) is 9.59 Å². The van der Waals surface area contributed by atoms with Crippen LogP contribution in [0.1, 0.15) is 15.9 Å². The zero-order chi connectivity index (χ0) is 20.1. The predicted molar refractivity (Wildman–Crippen MR) is 119 cm³/mol. The van der Waals surface area contributed by atoms with Crippen LogP contribution < -0.4 is 10.1 Å². The SMILES string of the molecule is CN(CCOc1ccc(Br)cc1/C=C1\SC(=S)NC1=O)C(=O)c1ccccc1. The molecule has 28 heavy (non-hydrogen) atoms. The first kappa shape index (κ1) is 20.6. The largest absolute Gasteiger partial charge is 0.491 e. The standard InChI is InChI=1S/C20H17BrN2O3S2/c1-23(19(25)13-5-3-2-4-6-13)9-10-26-16-8-7-15(21)11-14(16)12-17-18(24)22-20(27)28-17/h2-8,11-12H,9-10H2,1H3,(H,22,24,27)/b17-12-. The number of ether oxygens (including phenoxy) is 1. The first-order valence-electron chi connectivity index (χ1n) is 8.42. The number of amides is 2. The van der Waals surface area contributed by atoms with Gasteiger partial charge in [-0.3, -0.25) is 9.59 Å². The van der Waals surface area contributed by atoms with Crippen LogP contribution in [0.15, 0.2) is 57.9 Å². The number of thiocarbonyl (C=S) groups is 1. The minimum Gasteiger partial charge on any atom is -0.491 e. The van der Waals surface area contributed by atoms with Crippen LogP contribution in [0.3, 0.4) is 0 Å². The van der Waals surface area contributed by atoms with Gasteiger partial charge in [0.15, 0.2) is 0 Å². The van der Waals surface area contributed by atoms with Crippen LogP contribution in [0.4, 0.5) is 0 Å². The molecule has 0 saturated carbocycles. The summed E-state index contributed by atoms with van der Waals surface area (Å²) in [6.07, 6.45) is 1.75. The second-order valence-electron chi connectivity index (χ2n) is 5.98. The van der Waals surface area contributed by atoms with E-state index in [0.29, 0.717) is 33.7 Å². The highest BCUT2D eigenvalue weighted by Gasteiger charge is 2.22. The summed E-state index contributed by atoms with van der Waals surface area (Å²) in [5.74, 6) is 0.353. The molecule has 1 aliphatic rings. The molecule has 0 unspecified atom stereocenters. The molecular formula is C20H17BrN2O3S2. The molecule has 1 saturated heterocycles. The molecule has 2 aromatic rings. The summed E-state index contributed by atoms with van der Waals surface area (Å²) in [4.78, 5) is 26.4. The Morgan fingerprint density at radius 2 is 2.04 bits per heavy atom. The van der Waals surface area contributed by atoms with Crippen molar-refractivity contribution in [3.63, 3.8) is 0 Å². The number of nitrogens with one attached hydrogen (secondary N) is 1. The molecule has 0 atom stereocenters. The van der Waals surface area contributed by atoms with E-state index in [-0.39, 0.29) is 11.8 Å². The van der Waals surface area contributed by atoms with Gasteiger partial charge in [-0.05, 0) is 36.4 Å². The number of carbonyl (C=O) groups excluding carboxylic acids is 2. The molecule has 3 rings (SSSR count). The Morgan fingerprint density at radius 1 is 1.29 bits per heavy atom. The number of thioether (sulfide) groups is 1. The minimum absolute atomic E-state index is 0.0603. The van der Waals surface area contributed by atoms with Gasteiger partial charge in [-0.2, -0.15) is 0 Å². The fourth-order valence-electron chi connectivity index (χ4n) is 2.52. The first-order chi connectivity index (χ1) is 13.4. The van der Waals surface area contributed by atoms with Crippen LogP contribution in [0.25, 0.3) is 6.08 Å². The quantitative estimate of drug-likeness (QED) is 0.502. The number of likely N-dealkylation sites (N-methyl/N-ethyl adjacent to an activating group) is 1. The van der Waals surface area contributed by atoms with E-state index in [0.717, 1.165) is 10.0 Å². The van der Waals surface area contributed by atoms with Gasteiger partial charge in [-0.25, -0.2) is 0 Å². The van der Waals surface area contributed by atoms with Crippen LogP contribution in [0.2, 0.25) is 0 Å².